The molecule has 3 atom stereocenters. The number of rotatable bonds is 4. The van der Waals surface area contributed by atoms with Crippen LogP contribution in [0.1, 0.15) is 58.8 Å². The van der Waals surface area contributed by atoms with Crippen molar-refractivity contribution in [1.29, 1.82) is 0 Å². The Bertz CT molecular complexity index is 4130. The van der Waals surface area contributed by atoms with E-state index in [1.54, 1.807) is 0 Å². The summed E-state index contributed by atoms with van der Waals surface area (Å²) >= 11 is 0. The molecule has 0 amide bonds. The number of amidine groups is 1. The first-order chi connectivity index (χ1) is 34.1. The summed E-state index contributed by atoms with van der Waals surface area (Å²) in [6.07, 6.45) is 0. The molecule has 2 aliphatic carbocycles. The minimum atomic E-state index is -0.576. The maximum Gasteiger partial charge on any atom is 0.155 e. The third-order valence-corrected chi connectivity index (χ3v) is 16.2. The molecule has 69 heavy (non-hydrogen) atoms. The van der Waals surface area contributed by atoms with Crippen LogP contribution >= 0.6 is 0 Å². The summed E-state index contributed by atoms with van der Waals surface area (Å²) in [4.78, 5) is 11.0. The van der Waals surface area contributed by atoms with Crippen molar-refractivity contribution in [3.05, 3.63) is 251 Å². The highest BCUT2D eigenvalue weighted by atomic mass is 16.3. The Morgan fingerprint density at radius 1 is 0.420 bits per heavy atom. The summed E-state index contributed by atoms with van der Waals surface area (Å²) in [6.45, 7) is 4.68. The second-order valence-corrected chi connectivity index (χ2v) is 19.5. The Hall–Kier alpha value is -8.40. The van der Waals surface area contributed by atoms with Crippen molar-refractivity contribution in [2.45, 2.75) is 25.3 Å². The van der Waals surface area contributed by atoms with Gasteiger partial charge in [0, 0.05) is 27.8 Å². The van der Waals surface area contributed by atoms with Crippen LogP contribution in [-0.2, 0) is 5.41 Å². The van der Waals surface area contributed by atoms with E-state index < -0.39 is 5.41 Å². The topological polar surface area (TPSA) is 37.9 Å². The Labute approximate surface area is 400 Å². The van der Waals surface area contributed by atoms with Crippen molar-refractivity contribution in [3.8, 4) is 33.4 Å². The first-order valence-corrected chi connectivity index (χ1v) is 24.3. The lowest BCUT2D eigenvalue weighted by molar-refractivity contribution is 0.408. The molecule has 0 bridgehead atoms. The monoisotopic (exact) mass is 880 g/mol. The molecule has 0 radical (unpaired) electrons. The average molecular weight is 881 g/mol. The number of benzene rings is 11. The third-order valence-electron chi connectivity index (χ3n) is 16.2. The zero-order valence-corrected chi connectivity index (χ0v) is 38.2. The van der Waals surface area contributed by atoms with Crippen molar-refractivity contribution in [2.24, 2.45) is 21.8 Å². The van der Waals surface area contributed by atoms with Gasteiger partial charge in [-0.05, 0) is 118 Å². The molecule has 12 aromatic rings. The zero-order chi connectivity index (χ0) is 45.5. The van der Waals surface area contributed by atoms with Crippen molar-refractivity contribution in [2.75, 3.05) is 0 Å². The van der Waals surface area contributed by atoms with Gasteiger partial charge in [-0.2, -0.15) is 0 Å². The Morgan fingerprint density at radius 3 is 1.77 bits per heavy atom. The molecule has 1 spiro atoms. The van der Waals surface area contributed by atoms with Gasteiger partial charge in [0.05, 0.1) is 17.2 Å². The average Bonchev–Trinajstić information content (AvgIpc) is 4.02. The summed E-state index contributed by atoms with van der Waals surface area (Å²) in [7, 11) is 0. The molecule has 324 valence electrons. The van der Waals surface area contributed by atoms with Crippen LogP contribution in [0.5, 0.6) is 0 Å². The van der Waals surface area contributed by atoms with E-state index in [4.69, 9.17) is 14.4 Å². The summed E-state index contributed by atoms with van der Waals surface area (Å²) in [5, 5.41) is 9.85. The fraction of sp³-hybridized carbons (Fsp3) is 0.0909. The number of hydrogen-bond acceptors (Lipinski definition) is 3. The zero-order valence-electron chi connectivity index (χ0n) is 38.2. The van der Waals surface area contributed by atoms with Gasteiger partial charge in [-0.15, -0.1) is 0 Å². The number of hydrogen-bond donors (Lipinski definition) is 0. The Balaban J connectivity index is 0.969. The van der Waals surface area contributed by atoms with E-state index in [9.17, 15) is 0 Å². The SMILES string of the molecule is CC1C(c2ccccc2)=NC(c2ccccc2)=NC(c2ccc(-c3ccc4c(c3)C3(c5ccccc5-c5ccccc53)c3cc5c6ccccc6c6cccc7oc(c3-4)c5c76)c3ccccc23)C1C. The molecular formula is C66H44N2O. The molecule has 0 saturated carbocycles. The smallest absolute Gasteiger partial charge is 0.155 e. The second-order valence-electron chi connectivity index (χ2n) is 19.5. The molecule has 0 N–H and O–H groups in total. The molecule has 15 rings (SSSR count). The number of furan rings is 1. The lowest BCUT2D eigenvalue weighted by Gasteiger charge is -2.31. The van der Waals surface area contributed by atoms with Crippen molar-refractivity contribution in [3.63, 3.8) is 0 Å². The van der Waals surface area contributed by atoms with Gasteiger partial charge < -0.3 is 4.42 Å². The maximum absolute atomic E-state index is 7.18. The number of aliphatic imine (C=N–C) groups is 2. The van der Waals surface area contributed by atoms with Gasteiger partial charge in [-0.3, -0.25) is 4.99 Å². The molecular weight excluding hydrogens is 837 g/mol. The standard InChI is InChI=1S/C66H44N2O/c1-38-39(2)63(68-65(41-20-7-4-8-21-41)67-62(38)40-18-5-3-6-19-40)51-35-34-43(44-22-9-11-24-46(44)51)42-32-33-52-56(36-42)66(54-29-15-13-26-48(54)49-27-14-16-30-55(49)66)57-37-53-47-25-12-10-23-45(47)50-28-17-31-58-60(50)61(53)64(69-58)59(52)57/h3-39,63H,1-2H3. The summed E-state index contributed by atoms with van der Waals surface area (Å²) in [6, 6.07) is 78.2. The Kier molecular flexibility index (Phi) is 8.02. The van der Waals surface area contributed by atoms with E-state index >= 15 is 0 Å². The second kappa shape index (κ2) is 14.3. The van der Waals surface area contributed by atoms with E-state index in [1.807, 2.05) is 0 Å². The van der Waals surface area contributed by atoms with Crippen molar-refractivity contribution < 1.29 is 4.42 Å². The van der Waals surface area contributed by atoms with Crippen LogP contribution in [0.3, 0.4) is 0 Å². The molecule has 3 aliphatic rings. The van der Waals surface area contributed by atoms with Crippen LogP contribution in [0.2, 0.25) is 0 Å². The summed E-state index contributed by atoms with van der Waals surface area (Å²) in [5.74, 6) is 1.09. The van der Waals surface area contributed by atoms with Gasteiger partial charge in [0.15, 0.2) is 5.84 Å². The van der Waals surface area contributed by atoms with Crippen LogP contribution in [-0.4, -0.2) is 11.5 Å². The number of nitrogens with zero attached hydrogens (tertiary/aromatic N) is 2. The minimum Gasteiger partial charge on any atom is -0.455 e. The summed E-state index contributed by atoms with van der Waals surface area (Å²) < 4.78 is 7.18. The Morgan fingerprint density at radius 2 is 1.03 bits per heavy atom. The molecule has 0 saturated heterocycles. The highest BCUT2D eigenvalue weighted by Crippen LogP contribution is 2.65. The maximum atomic E-state index is 7.18. The fourth-order valence-corrected chi connectivity index (χ4v) is 13.0. The van der Waals surface area contributed by atoms with E-state index in [2.05, 4.69) is 226 Å². The molecule has 3 heteroatoms. The molecule has 0 fully saturated rings. The predicted octanol–water partition coefficient (Wildman–Crippen LogP) is 16.8. The molecule has 1 aromatic heterocycles. The molecule has 3 nitrogen and oxygen atoms in total. The lowest BCUT2D eigenvalue weighted by atomic mass is 9.70. The van der Waals surface area contributed by atoms with E-state index in [0.29, 0.717) is 0 Å². The van der Waals surface area contributed by atoms with Crippen molar-refractivity contribution in [1.82, 2.24) is 0 Å². The van der Waals surface area contributed by atoms with Crippen LogP contribution in [0, 0.1) is 11.8 Å². The van der Waals surface area contributed by atoms with E-state index in [0.717, 1.165) is 33.8 Å². The van der Waals surface area contributed by atoms with Gasteiger partial charge in [0.1, 0.15) is 11.2 Å². The van der Waals surface area contributed by atoms with Crippen molar-refractivity contribution >= 4 is 65.8 Å². The minimum absolute atomic E-state index is 0.128. The number of fused-ring (bicyclic) bond motifs is 15. The van der Waals surface area contributed by atoms with Crippen LogP contribution < -0.4 is 0 Å². The highest BCUT2D eigenvalue weighted by Gasteiger charge is 2.53. The summed E-state index contributed by atoms with van der Waals surface area (Å²) in [5.41, 5.74) is 18.4. The molecule has 11 aromatic carbocycles. The predicted molar refractivity (Wildman–Crippen MR) is 286 cm³/mol. The first kappa shape index (κ1) is 38.7. The molecule has 3 unspecified atom stereocenters. The quantitative estimate of drug-likeness (QED) is 0.162. The normalized spacial score (nSPS) is 17.9. The largest absolute Gasteiger partial charge is 0.455 e. The van der Waals surface area contributed by atoms with Gasteiger partial charge in [-0.25, -0.2) is 4.99 Å². The van der Waals surface area contributed by atoms with E-state index in [1.165, 1.54) is 104 Å². The van der Waals surface area contributed by atoms with Gasteiger partial charge >= 0.3 is 0 Å². The fourth-order valence-electron chi connectivity index (χ4n) is 13.0. The van der Waals surface area contributed by atoms with Crippen LogP contribution in [0.15, 0.2) is 227 Å². The highest BCUT2D eigenvalue weighted by molar-refractivity contribution is 6.35. The molecule has 1 aliphatic heterocycles. The van der Waals surface area contributed by atoms with Gasteiger partial charge in [0.2, 0.25) is 0 Å². The molecule has 2 heterocycles. The van der Waals surface area contributed by atoms with E-state index in [-0.39, 0.29) is 17.9 Å². The first-order valence-electron chi connectivity index (χ1n) is 24.3. The third kappa shape index (κ3) is 5.17. The lowest BCUT2D eigenvalue weighted by Crippen LogP contribution is -2.26. The van der Waals surface area contributed by atoms with Crippen LogP contribution in [0.25, 0.3) is 87.6 Å². The van der Waals surface area contributed by atoms with Gasteiger partial charge in [-0.1, -0.05) is 208 Å². The van der Waals surface area contributed by atoms with Gasteiger partial charge in [0.25, 0.3) is 0 Å². The van der Waals surface area contributed by atoms with Crippen LogP contribution in [0.4, 0.5) is 0 Å².